The second-order valence-electron chi connectivity index (χ2n) is 6.20. The van der Waals surface area contributed by atoms with Gasteiger partial charge in [0, 0.05) is 44.3 Å². The molecule has 19 heavy (non-hydrogen) atoms. The average molecular weight is 259 g/mol. The maximum absolute atomic E-state index is 6.03. The third kappa shape index (κ3) is 2.99. The van der Waals surface area contributed by atoms with Crippen molar-refractivity contribution in [3.8, 4) is 0 Å². The van der Waals surface area contributed by atoms with Crippen LogP contribution >= 0.6 is 0 Å². The summed E-state index contributed by atoms with van der Waals surface area (Å²) in [5, 5.41) is 0. The van der Waals surface area contributed by atoms with Gasteiger partial charge in [-0.15, -0.1) is 0 Å². The van der Waals surface area contributed by atoms with Crippen LogP contribution in [0.25, 0.3) is 0 Å². The topological polar surface area (TPSA) is 32.5 Å². The van der Waals surface area contributed by atoms with E-state index in [1.165, 1.54) is 31.5 Å². The van der Waals surface area contributed by atoms with Crippen LogP contribution in [0.1, 0.15) is 25.3 Å². The minimum Gasteiger partial charge on any atom is -0.326 e. The van der Waals surface area contributed by atoms with Crippen LogP contribution in [0.15, 0.2) is 30.3 Å². The van der Waals surface area contributed by atoms with E-state index in [1.54, 1.807) is 0 Å². The number of benzene rings is 1. The molecular formula is C16H25N3. The largest absolute Gasteiger partial charge is 0.326 e. The number of hydrogen-bond acceptors (Lipinski definition) is 3. The third-order valence-corrected chi connectivity index (χ3v) is 4.68. The summed E-state index contributed by atoms with van der Waals surface area (Å²) in [4.78, 5) is 5.22. The SMILES string of the molecule is CC1CC(N2CCC(N)C2)CN1Cc1ccccc1. The molecule has 0 spiro atoms. The van der Waals surface area contributed by atoms with Gasteiger partial charge in [-0.05, 0) is 25.3 Å². The van der Waals surface area contributed by atoms with Crippen molar-refractivity contribution in [2.45, 2.75) is 44.4 Å². The second-order valence-corrected chi connectivity index (χ2v) is 6.20. The molecule has 0 radical (unpaired) electrons. The lowest BCUT2D eigenvalue weighted by Crippen LogP contribution is -2.37. The molecule has 0 aromatic heterocycles. The van der Waals surface area contributed by atoms with Gasteiger partial charge in [0.15, 0.2) is 0 Å². The number of rotatable bonds is 3. The number of nitrogens with two attached hydrogens (primary N) is 1. The van der Waals surface area contributed by atoms with Gasteiger partial charge in [-0.3, -0.25) is 9.80 Å². The van der Waals surface area contributed by atoms with Gasteiger partial charge in [-0.25, -0.2) is 0 Å². The first-order valence-corrected chi connectivity index (χ1v) is 7.50. The summed E-state index contributed by atoms with van der Waals surface area (Å²) < 4.78 is 0. The molecule has 2 fully saturated rings. The van der Waals surface area contributed by atoms with Gasteiger partial charge < -0.3 is 5.73 Å². The predicted molar refractivity (Wildman–Crippen MR) is 78.9 cm³/mol. The Morgan fingerprint density at radius 3 is 2.68 bits per heavy atom. The van der Waals surface area contributed by atoms with Crippen LogP contribution in [0.2, 0.25) is 0 Å². The summed E-state index contributed by atoms with van der Waals surface area (Å²) in [6.07, 6.45) is 2.46. The minimum absolute atomic E-state index is 0.401. The first kappa shape index (κ1) is 13.1. The zero-order valence-electron chi connectivity index (χ0n) is 11.8. The Hall–Kier alpha value is -0.900. The molecule has 0 aliphatic carbocycles. The Balaban J connectivity index is 1.59. The van der Waals surface area contributed by atoms with Gasteiger partial charge in [0.2, 0.25) is 0 Å². The fraction of sp³-hybridized carbons (Fsp3) is 0.625. The summed E-state index contributed by atoms with van der Waals surface area (Å²) in [6.45, 7) is 6.93. The number of hydrogen-bond donors (Lipinski definition) is 1. The van der Waals surface area contributed by atoms with Gasteiger partial charge in [0.05, 0.1) is 0 Å². The lowest BCUT2D eigenvalue weighted by atomic mass is 10.1. The highest BCUT2D eigenvalue weighted by Crippen LogP contribution is 2.26. The van der Waals surface area contributed by atoms with Crippen molar-refractivity contribution in [2.24, 2.45) is 5.73 Å². The molecule has 3 unspecified atom stereocenters. The molecule has 0 amide bonds. The summed E-state index contributed by atoms with van der Waals surface area (Å²) in [5.41, 5.74) is 7.45. The third-order valence-electron chi connectivity index (χ3n) is 4.68. The van der Waals surface area contributed by atoms with E-state index in [1.807, 2.05) is 0 Å². The van der Waals surface area contributed by atoms with Crippen molar-refractivity contribution in [3.05, 3.63) is 35.9 Å². The van der Waals surface area contributed by atoms with Crippen LogP contribution < -0.4 is 5.73 Å². The Bertz CT molecular complexity index is 406. The molecule has 3 heteroatoms. The maximum atomic E-state index is 6.03. The molecule has 2 N–H and O–H groups in total. The van der Waals surface area contributed by atoms with Crippen LogP contribution in [0.5, 0.6) is 0 Å². The molecule has 1 aromatic rings. The molecule has 2 aliphatic heterocycles. The van der Waals surface area contributed by atoms with E-state index in [-0.39, 0.29) is 0 Å². The van der Waals surface area contributed by atoms with E-state index in [9.17, 15) is 0 Å². The summed E-state index contributed by atoms with van der Waals surface area (Å²) in [7, 11) is 0. The van der Waals surface area contributed by atoms with Crippen LogP contribution in [-0.4, -0.2) is 47.6 Å². The molecule has 104 valence electrons. The minimum atomic E-state index is 0.401. The highest BCUT2D eigenvalue weighted by atomic mass is 15.3. The van der Waals surface area contributed by atoms with Crippen molar-refractivity contribution < 1.29 is 0 Å². The summed E-state index contributed by atoms with van der Waals surface area (Å²) >= 11 is 0. The summed E-state index contributed by atoms with van der Waals surface area (Å²) in [5.74, 6) is 0. The van der Waals surface area contributed by atoms with Gasteiger partial charge in [0.1, 0.15) is 0 Å². The van der Waals surface area contributed by atoms with E-state index in [0.717, 1.165) is 13.1 Å². The average Bonchev–Trinajstić information content (AvgIpc) is 2.98. The molecule has 1 aromatic carbocycles. The van der Waals surface area contributed by atoms with Crippen LogP contribution in [0.3, 0.4) is 0 Å². The highest BCUT2D eigenvalue weighted by molar-refractivity contribution is 5.15. The quantitative estimate of drug-likeness (QED) is 0.896. The van der Waals surface area contributed by atoms with Gasteiger partial charge in [-0.2, -0.15) is 0 Å². The standard InChI is InChI=1S/C16H25N3/c1-13-9-16(18-8-7-15(17)11-18)12-19(13)10-14-5-3-2-4-6-14/h2-6,13,15-16H,7-12,17H2,1H3. The molecule has 3 atom stereocenters. The Morgan fingerprint density at radius 1 is 1.21 bits per heavy atom. The summed E-state index contributed by atoms with van der Waals surface area (Å²) in [6, 6.07) is 12.6. The van der Waals surface area contributed by atoms with E-state index < -0.39 is 0 Å². The molecule has 2 saturated heterocycles. The first-order chi connectivity index (χ1) is 9.22. The molecule has 2 heterocycles. The monoisotopic (exact) mass is 259 g/mol. The van der Waals surface area contributed by atoms with Crippen molar-refractivity contribution in [2.75, 3.05) is 19.6 Å². The van der Waals surface area contributed by atoms with Gasteiger partial charge in [-0.1, -0.05) is 30.3 Å². The van der Waals surface area contributed by atoms with Crippen molar-refractivity contribution in [1.82, 2.24) is 9.80 Å². The Morgan fingerprint density at radius 2 is 2.00 bits per heavy atom. The van der Waals surface area contributed by atoms with E-state index >= 15 is 0 Å². The van der Waals surface area contributed by atoms with Crippen LogP contribution in [-0.2, 0) is 6.54 Å². The maximum Gasteiger partial charge on any atom is 0.0238 e. The van der Waals surface area contributed by atoms with E-state index in [4.69, 9.17) is 5.73 Å². The fourth-order valence-electron chi connectivity index (χ4n) is 3.52. The van der Waals surface area contributed by atoms with Gasteiger partial charge >= 0.3 is 0 Å². The van der Waals surface area contributed by atoms with Gasteiger partial charge in [0.25, 0.3) is 0 Å². The zero-order chi connectivity index (χ0) is 13.2. The Labute approximate surface area is 116 Å². The molecule has 2 aliphatic rings. The number of nitrogens with zero attached hydrogens (tertiary/aromatic N) is 2. The normalized spacial score (nSPS) is 33.1. The molecule has 0 bridgehead atoms. The van der Waals surface area contributed by atoms with E-state index in [0.29, 0.717) is 18.1 Å². The lowest BCUT2D eigenvalue weighted by Gasteiger charge is -2.24. The van der Waals surface area contributed by atoms with Crippen molar-refractivity contribution in [3.63, 3.8) is 0 Å². The van der Waals surface area contributed by atoms with Crippen molar-refractivity contribution in [1.29, 1.82) is 0 Å². The fourth-order valence-corrected chi connectivity index (χ4v) is 3.52. The second kappa shape index (κ2) is 5.61. The van der Waals surface area contributed by atoms with E-state index in [2.05, 4.69) is 47.1 Å². The first-order valence-electron chi connectivity index (χ1n) is 7.50. The molecule has 3 rings (SSSR count). The zero-order valence-corrected chi connectivity index (χ0v) is 11.8. The number of likely N-dealkylation sites (tertiary alicyclic amines) is 2. The predicted octanol–water partition coefficient (Wildman–Crippen LogP) is 1.68. The lowest BCUT2D eigenvalue weighted by molar-refractivity contribution is 0.219. The van der Waals surface area contributed by atoms with Crippen molar-refractivity contribution >= 4 is 0 Å². The Kier molecular flexibility index (Phi) is 3.87. The van der Waals surface area contributed by atoms with Crippen LogP contribution in [0.4, 0.5) is 0 Å². The molecule has 3 nitrogen and oxygen atoms in total. The molecular weight excluding hydrogens is 234 g/mol. The molecule has 0 saturated carbocycles. The smallest absolute Gasteiger partial charge is 0.0238 e. The highest BCUT2D eigenvalue weighted by Gasteiger charge is 2.35. The van der Waals surface area contributed by atoms with Crippen LogP contribution in [0, 0.1) is 0 Å².